The monoisotopic (exact) mass is 272 g/mol. The topological polar surface area (TPSA) is 0 Å². The van der Waals surface area contributed by atoms with Crippen LogP contribution in [-0.2, 0) is 0 Å². The Morgan fingerprint density at radius 2 is 1.40 bits per heavy atom. The summed E-state index contributed by atoms with van der Waals surface area (Å²) >= 11 is 1.96. The fraction of sp³-hybridized carbons (Fsp3) is 0.0526. The van der Waals surface area contributed by atoms with E-state index in [0.29, 0.717) is 0 Å². The van der Waals surface area contributed by atoms with E-state index in [-0.39, 0.29) is 0 Å². The van der Waals surface area contributed by atoms with Gasteiger partial charge in [-0.3, -0.25) is 0 Å². The van der Waals surface area contributed by atoms with Gasteiger partial charge in [-0.25, -0.2) is 0 Å². The van der Waals surface area contributed by atoms with Crippen LogP contribution in [0.2, 0.25) is 0 Å². The molecular formula is C19H12S. The van der Waals surface area contributed by atoms with Crippen molar-refractivity contribution in [2.75, 3.05) is 5.75 Å². The van der Waals surface area contributed by atoms with Gasteiger partial charge in [0.1, 0.15) is 0 Å². The number of hydrogen-bond donors (Lipinski definition) is 0. The standard InChI is InChI=1S/C19H12S/c1-2-7-14-12(5-1)13-6-3-4-8-15(13)19-16-9-10-20-18(16)11-17(14)19/h1-9,11H,10H2. The molecule has 0 nitrogen and oxygen atoms in total. The minimum absolute atomic E-state index is 1.11. The first-order valence-corrected chi connectivity index (χ1v) is 7.91. The van der Waals surface area contributed by atoms with E-state index in [9.17, 15) is 0 Å². The first-order valence-electron chi connectivity index (χ1n) is 6.92. The summed E-state index contributed by atoms with van der Waals surface area (Å²) in [6, 6.07) is 17.6. The van der Waals surface area contributed by atoms with Crippen molar-refractivity contribution in [3.05, 3.63) is 70.6 Å². The minimum atomic E-state index is 1.11. The number of benzene rings is 3. The Hall–Kier alpha value is -1.99. The summed E-state index contributed by atoms with van der Waals surface area (Å²) in [7, 11) is 0. The molecule has 0 saturated carbocycles. The Bertz CT molecular complexity index is 945. The van der Waals surface area contributed by atoms with Crippen molar-refractivity contribution in [3.63, 3.8) is 0 Å². The molecule has 3 aromatic carbocycles. The van der Waals surface area contributed by atoms with Crippen molar-refractivity contribution in [3.8, 4) is 0 Å². The quantitative estimate of drug-likeness (QED) is 0.488. The lowest BCUT2D eigenvalue weighted by Crippen LogP contribution is -1.88. The van der Waals surface area contributed by atoms with Gasteiger partial charge in [0.05, 0.1) is 0 Å². The predicted octanol–water partition coefficient (Wildman–Crippen LogP) is 5.48. The van der Waals surface area contributed by atoms with Gasteiger partial charge in [-0.05, 0) is 44.3 Å². The summed E-state index contributed by atoms with van der Waals surface area (Å²) in [5, 5.41) is 5.50. The fourth-order valence-corrected chi connectivity index (χ4v) is 4.45. The molecule has 0 unspecified atom stereocenters. The average Bonchev–Trinajstić information content (AvgIpc) is 3.08. The molecule has 0 amide bonds. The lowest BCUT2D eigenvalue weighted by Gasteiger charge is -2.12. The van der Waals surface area contributed by atoms with Crippen LogP contribution in [0, 0.1) is 0 Å². The Kier molecular flexibility index (Phi) is 2.03. The molecule has 0 saturated heterocycles. The van der Waals surface area contributed by atoms with Gasteiger partial charge in [-0.1, -0.05) is 54.6 Å². The van der Waals surface area contributed by atoms with E-state index < -0.39 is 0 Å². The summed E-state index contributed by atoms with van der Waals surface area (Å²) in [4.78, 5) is 1.45. The fourth-order valence-electron chi connectivity index (χ4n) is 3.48. The zero-order valence-electron chi connectivity index (χ0n) is 10.9. The third-order valence-electron chi connectivity index (χ3n) is 4.31. The maximum absolute atomic E-state index is 2.38. The predicted molar refractivity (Wildman–Crippen MR) is 89.9 cm³/mol. The molecule has 1 aliphatic carbocycles. The van der Waals surface area contributed by atoms with Gasteiger partial charge in [0.15, 0.2) is 0 Å². The molecule has 1 heteroatoms. The number of hydrogen-bond acceptors (Lipinski definition) is 1. The molecule has 5 rings (SSSR count). The minimum Gasteiger partial charge on any atom is -0.121 e. The molecule has 0 N–H and O–H groups in total. The van der Waals surface area contributed by atoms with Crippen LogP contribution in [0.1, 0.15) is 11.1 Å². The molecular weight excluding hydrogens is 260 g/mol. The molecule has 0 atom stereocenters. The molecule has 3 aromatic rings. The lowest BCUT2D eigenvalue weighted by atomic mass is 9.91. The summed E-state index contributed by atoms with van der Waals surface area (Å²) < 4.78 is 0. The zero-order valence-corrected chi connectivity index (χ0v) is 11.7. The first kappa shape index (κ1) is 10.8. The second-order valence-corrected chi connectivity index (χ2v) is 6.38. The molecule has 2 aliphatic rings. The molecule has 0 aromatic heterocycles. The Labute approximate surface area is 121 Å². The normalized spacial score (nSPS) is 16.2. The van der Waals surface area contributed by atoms with E-state index >= 15 is 0 Å². The van der Waals surface area contributed by atoms with Crippen LogP contribution in [0.25, 0.3) is 33.2 Å². The first-order chi connectivity index (χ1) is 9.93. The smallest absolute Gasteiger partial charge is 0.0170 e. The van der Waals surface area contributed by atoms with Crippen LogP contribution in [0.4, 0.5) is 0 Å². The average molecular weight is 272 g/mol. The van der Waals surface area contributed by atoms with Crippen molar-refractivity contribution in [1.29, 1.82) is 0 Å². The number of thioether (sulfide) groups is 1. The number of fused-ring (bicyclic) bond motifs is 8. The summed E-state index contributed by atoms with van der Waals surface area (Å²) in [5.41, 5.74) is 4.30. The highest BCUT2D eigenvalue weighted by molar-refractivity contribution is 8.04. The van der Waals surface area contributed by atoms with Crippen molar-refractivity contribution in [2.24, 2.45) is 0 Å². The maximum Gasteiger partial charge on any atom is 0.0170 e. The van der Waals surface area contributed by atoms with Crippen molar-refractivity contribution < 1.29 is 0 Å². The second-order valence-electron chi connectivity index (χ2n) is 5.32. The Balaban J connectivity index is 2.09. The molecule has 0 radical (unpaired) electrons. The molecule has 20 heavy (non-hydrogen) atoms. The largest absolute Gasteiger partial charge is 0.121 e. The highest BCUT2D eigenvalue weighted by Gasteiger charge is 2.26. The van der Waals surface area contributed by atoms with Crippen LogP contribution in [-0.4, -0.2) is 5.75 Å². The van der Waals surface area contributed by atoms with E-state index in [1.165, 1.54) is 43.2 Å². The van der Waals surface area contributed by atoms with E-state index in [2.05, 4.69) is 60.7 Å². The van der Waals surface area contributed by atoms with Crippen LogP contribution in [0.5, 0.6) is 0 Å². The van der Waals surface area contributed by atoms with E-state index in [1.54, 1.807) is 0 Å². The molecule has 0 spiro atoms. The lowest BCUT2D eigenvalue weighted by molar-refractivity contribution is 1.69. The van der Waals surface area contributed by atoms with Crippen LogP contribution in [0.3, 0.4) is 0 Å². The second kappa shape index (κ2) is 3.77. The van der Waals surface area contributed by atoms with Crippen molar-refractivity contribution >= 4 is 45.0 Å². The van der Waals surface area contributed by atoms with Crippen LogP contribution < -0.4 is 0 Å². The highest BCUT2D eigenvalue weighted by atomic mass is 32.2. The van der Waals surface area contributed by atoms with E-state index in [0.717, 1.165) is 5.75 Å². The molecule has 1 aliphatic heterocycles. The third-order valence-corrected chi connectivity index (χ3v) is 5.29. The SMILES string of the molecule is C1=C2SCC=C2c2c1c1ccccc1c1ccccc21. The number of allylic oxidation sites excluding steroid dienone is 1. The highest BCUT2D eigenvalue weighted by Crippen LogP contribution is 2.50. The molecule has 0 bridgehead atoms. The van der Waals surface area contributed by atoms with Gasteiger partial charge < -0.3 is 0 Å². The summed E-state index contributed by atoms with van der Waals surface area (Å²) in [6.45, 7) is 0. The van der Waals surface area contributed by atoms with Gasteiger partial charge in [0, 0.05) is 10.7 Å². The maximum atomic E-state index is 2.38. The van der Waals surface area contributed by atoms with Crippen LogP contribution >= 0.6 is 11.8 Å². The molecule has 1 heterocycles. The Morgan fingerprint density at radius 3 is 2.20 bits per heavy atom. The van der Waals surface area contributed by atoms with Crippen molar-refractivity contribution in [1.82, 2.24) is 0 Å². The van der Waals surface area contributed by atoms with Crippen LogP contribution in [0.15, 0.2) is 59.5 Å². The number of rotatable bonds is 0. The van der Waals surface area contributed by atoms with Crippen molar-refractivity contribution in [2.45, 2.75) is 0 Å². The van der Waals surface area contributed by atoms with E-state index in [4.69, 9.17) is 0 Å². The Morgan fingerprint density at radius 1 is 0.750 bits per heavy atom. The van der Waals surface area contributed by atoms with Gasteiger partial charge in [-0.2, -0.15) is 0 Å². The van der Waals surface area contributed by atoms with Gasteiger partial charge in [0.2, 0.25) is 0 Å². The van der Waals surface area contributed by atoms with Gasteiger partial charge in [0.25, 0.3) is 0 Å². The summed E-state index contributed by atoms with van der Waals surface area (Å²) in [5.74, 6) is 1.11. The molecule has 94 valence electrons. The summed E-state index contributed by atoms with van der Waals surface area (Å²) in [6.07, 6.45) is 4.76. The zero-order chi connectivity index (χ0) is 13.1. The third kappa shape index (κ3) is 1.24. The van der Waals surface area contributed by atoms with Gasteiger partial charge in [-0.15, -0.1) is 11.8 Å². The molecule has 0 fully saturated rings. The van der Waals surface area contributed by atoms with E-state index in [1.807, 2.05) is 11.8 Å². The van der Waals surface area contributed by atoms with Gasteiger partial charge >= 0.3 is 0 Å².